The molecule has 0 spiro atoms. The van der Waals surface area contributed by atoms with Crippen LogP contribution in [0.2, 0.25) is 15.1 Å². The summed E-state index contributed by atoms with van der Waals surface area (Å²) in [5, 5.41) is 8.06. The Bertz CT molecular complexity index is 1340. The van der Waals surface area contributed by atoms with E-state index < -0.39 is 6.17 Å². The molecule has 0 saturated heterocycles. The molecule has 4 rings (SSSR count). The summed E-state index contributed by atoms with van der Waals surface area (Å²) in [6, 6.07) is 18.0. The Morgan fingerprint density at radius 1 is 1.00 bits per heavy atom. The number of benzene rings is 3. The number of anilines is 3. The number of aliphatic imine (C=N–C) groups is 1. The molecule has 1 atom stereocenters. The number of hydrogen-bond donors (Lipinski definition) is 2. The molecule has 1 aliphatic heterocycles. The summed E-state index contributed by atoms with van der Waals surface area (Å²) in [6.07, 6.45) is -1.01. The summed E-state index contributed by atoms with van der Waals surface area (Å²) >= 11 is 24.6. The fraction of sp³-hybridized carbons (Fsp3) is 0.160. The number of halogens is 3. The van der Waals surface area contributed by atoms with Crippen molar-refractivity contribution in [3.63, 3.8) is 0 Å². The van der Waals surface area contributed by atoms with Gasteiger partial charge in [-0.05, 0) is 54.7 Å². The van der Waals surface area contributed by atoms with Gasteiger partial charge in [-0.15, -0.1) is 0 Å². The molecule has 1 heterocycles. The van der Waals surface area contributed by atoms with E-state index in [0.717, 1.165) is 11.4 Å². The van der Waals surface area contributed by atoms with Crippen LogP contribution in [0.5, 0.6) is 0 Å². The van der Waals surface area contributed by atoms with Crippen molar-refractivity contribution in [1.82, 2.24) is 5.32 Å². The second-order valence-corrected chi connectivity index (χ2v) is 9.76. The number of benzodiazepines with no additional fused rings is 1. The summed E-state index contributed by atoms with van der Waals surface area (Å²) < 4.78 is 0. The Kier molecular flexibility index (Phi) is 7.52. The molecule has 0 fully saturated rings. The third kappa shape index (κ3) is 5.38. The number of nitrogens with zero attached hydrogens (tertiary/aromatic N) is 3. The van der Waals surface area contributed by atoms with Crippen LogP contribution in [0.15, 0.2) is 65.7 Å². The van der Waals surface area contributed by atoms with Gasteiger partial charge in [-0.25, -0.2) is 4.99 Å². The van der Waals surface area contributed by atoms with Crippen molar-refractivity contribution in [1.29, 1.82) is 0 Å². The van der Waals surface area contributed by atoms with Crippen LogP contribution in [0.4, 0.5) is 17.1 Å². The second-order valence-electron chi connectivity index (χ2n) is 8.07. The molecule has 0 aliphatic carbocycles. The highest BCUT2D eigenvalue weighted by Gasteiger charge is 2.31. The minimum Gasteiger partial charge on any atom is -0.376 e. The lowest BCUT2D eigenvalue weighted by Gasteiger charge is -2.23. The van der Waals surface area contributed by atoms with Crippen molar-refractivity contribution in [2.24, 2.45) is 4.99 Å². The number of thiocarbonyl (C=S) groups is 1. The molecular weight excluding hydrogens is 525 g/mol. The minimum atomic E-state index is -1.01. The molecule has 1 aliphatic rings. The number of nitrogens with one attached hydrogen (secondary N) is 2. The molecule has 35 heavy (non-hydrogen) atoms. The Morgan fingerprint density at radius 3 is 2.40 bits per heavy atom. The van der Waals surface area contributed by atoms with Crippen LogP contribution >= 0.6 is 47.0 Å². The summed E-state index contributed by atoms with van der Waals surface area (Å²) in [4.78, 5) is 21.7. The van der Waals surface area contributed by atoms with Gasteiger partial charge in [0.05, 0.1) is 22.8 Å². The quantitative estimate of drug-likeness (QED) is 0.403. The molecule has 0 aromatic heterocycles. The first-order chi connectivity index (χ1) is 16.7. The molecule has 10 heteroatoms. The average Bonchev–Trinajstić information content (AvgIpc) is 2.91. The van der Waals surface area contributed by atoms with E-state index in [1.165, 1.54) is 4.90 Å². The highest BCUT2D eigenvalue weighted by molar-refractivity contribution is 7.80. The summed E-state index contributed by atoms with van der Waals surface area (Å²) in [5.74, 6) is -0.288. The molecular formula is C25H22Cl3N5OS. The van der Waals surface area contributed by atoms with E-state index in [-0.39, 0.29) is 11.0 Å². The third-order valence-electron chi connectivity index (χ3n) is 5.48. The van der Waals surface area contributed by atoms with Gasteiger partial charge in [0, 0.05) is 47.3 Å². The van der Waals surface area contributed by atoms with Crippen LogP contribution in [0.25, 0.3) is 0 Å². The van der Waals surface area contributed by atoms with Crippen LogP contribution in [0, 0.1) is 0 Å². The van der Waals surface area contributed by atoms with Gasteiger partial charge in [0.15, 0.2) is 5.11 Å². The molecule has 0 bridgehead atoms. The Balaban J connectivity index is 1.73. The van der Waals surface area contributed by atoms with E-state index in [1.807, 2.05) is 49.3 Å². The lowest BCUT2D eigenvalue weighted by molar-refractivity contribution is -0.119. The number of hydrogen-bond acceptors (Lipinski definition) is 4. The van der Waals surface area contributed by atoms with Crippen LogP contribution < -0.4 is 20.4 Å². The molecule has 3 aromatic rings. The topological polar surface area (TPSA) is 60.0 Å². The maximum Gasteiger partial charge on any atom is 0.272 e. The maximum atomic E-state index is 13.4. The molecule has 1 unspecified atom stereocenters. The molecule has 1 amide bonds. The number of carbonyl (C=O) groups is 1. The largest absolute Gasteiger partial charge is 0.376 e. The summed E-state index contributed by atoms with van der Waals surface area (Å²) in [6.45, 7) is 0. The molecule has 0 radical (unpaired) electrons. The summed E-state index contributed by atoms with van der Waals surface area (Å²) in [5.41, 5.74) is 4.14. The number of rotatable bonds is 4. The van der Waals surface area contributed by atoms with Crippen LogP contribution in [-0.4, -0.2) is 44.0 Å². The number of amides is 1. The maximum absolute atomic E-state index is 13.4. The third-order valence-corrected chi connectivity index (χ3v) is 6.50. The van der Waals surface area contributed by atoms with Crippen molar-refractivity contribution in [3.8, 4) is 0 Å². The number of carbonyl (C=O) groups excluding carboxylic acids is 1. The van der Waals surface area contributed by atoms with E-state index in [4.69, 9.17) is 52.0 Å². The zero-order valence-electron chi connectivity index (χ0n) is 19.1. The van der Waals surface area contributed by atoms with Crippen LogP contribution in [0.1, 0.15) is 11.1 Å². The van der Waals surface area contributed by atoms with E-state index in [2.05, 4.69) is 10.6 Å². The van der Waals surface area contributed by atoms with Gasteiger partial charge in [-0.2, -0.15) is 0 Å². The number of fused-ring (bicyclic) bond motifs is 1. The van der Waals surface area contributed by atoms with Crippen molar-refractivity contribution in [2.75, 3.05) is 36.3 Å². The minimum absolute atomic E-state index is 0.230. The molecule has 0 saturated carbocycles. The lowest BCUT2D eigenvalue weighted by atomic mass is 10.00. The van der Waals surface area contributed by atoms with Gasteiger partial charge in [-0.3, -0.25) is 4.79 Å². The zero-order chi connectivity index (χ0) is 25.3. The Morgan fingerprint density at radius 2 is 1.69 bits per heavy atom. The van der Waals surface area contributed by atoms with Gasteiger partial charge < -0.3 is 20.4 Å². The van der Waals surface area contributed by atoms with Crippen LogP contribution in [0.3, 0.4) is 0 Å². The van der Waals surface area contributed by atoms with Crippen LogP contribution in [-0.2, 0) is 4.79 Å². The predicted molar refractivity (Wildman–Crippen MR) is 151 cm³/mol. The highest BCUT2D eigenvalue weighted by atomic mass is 35.5. The first-order valence-electron chi connectivity index (χ1n) is 10.6. The Labute approximate surface area is 224 Å². The van der Waals surface area contributed by atoms with Crippen molar-refractivity contribution in [2.45, 2.75) is 6.17 Å². The van der Waals surface area contributed by atoms with Gasteiger partial charge in [0.1, 0.15) is 0 Å². The second kappa shape index (κ2) is 10.4. The van der Waals surface area contributed by atoms with Gasteiger partial charge in [0.2, 0.25) is 6.17 Å². The SMILES string of the molecule is CN(C)c1cc(Cl)ccc1NC(=S)NC1N=C(c2ccccc2Cl)c2cc(Cl)ccc2N(C)C1=O. The van der Waals surface area contributed by atoms with E-state index in [9.17, 15) is 4.79 Å². The lowest BCUT2D eigenvalue weighted by Crippen LogP contribution is -2.47. The summed E-state index contributed by atoms with van der Waals surface area (Å²) in [7, 11) is 5.49. The predicted octanol–water partition coefficient (Wildman–Crippen LogP) is 5.84. The highest BCUT2D eigenvalue weighted by Crippen LogP contribution is 2.32. The Hall–Kier alpha value is -2.84. The monoisotopic (exact) mass is 545 g/mol. The normalized spacial score (nSPS) is 15.1. The fourth-order valence-electron chi connectivity index (χ4n) is 3.77. The fourth-order valence-corrected chi connectivity index (χ4v) is 4.56. The van der Waals surface area contributed by atoms with Crippen molar-refractivity contribution >= 4 is 80.8 Å². The van der Waals surface area contributed by atoms with E-state index >= 15 is 0 Å². The van der Waals surface area contributed by atoms with Gasteiger partial charge >= 0.3 is 0 Å². The van der Waals surface area contributed by atoms with Crippen molar-refractivity contribution < 1.29 is 4.79 Å². The number of likely N-dealkylation sites (N-methyl/N-ethyl adjacent to an activating group) is 1. The molecule has 3 aromatic carbocycles. The molecule has 2 N–H and O–H groups in total. The first kappa shape index (κ1) is 25.3. The van der Waals surface area contributed by atoms with E-state index in [0.29, 0.717) is 37.6 Å². The smallest absolute Gasteiger partial charge is 0.272 e. The molecule has 6 nitrogen and oxygen atoms in total. The van der Waals surface area contributed by atoms with Gasteiger partial charge in [-0.1, -0.05) is 53.0 Å². The van der Waals surface area contributed by atoms with Crippen molar-refractivity contribution in [3.05, 3.63) is 86.9 Å². The zero-order valence-corrected chi connectivity index (χ0v) is 22.2. The molecule has 180 valence electrons. The first-order valence-corrected chi connectivity index (χ1v) is 12.1. The van der Waals surface area contributed by atoms with Gasteiger partial charge in [0.25, 0.3) is 5.91 Å². The van der Waals surface area contributed by atoms with E-state index in [1.54, 1.807) is 37.4 Å². The standard InChI is InChI=1S/C25H22Cl3N5OS/c1-32(2)21-13-15(27)8-10-19(21)29-25(35)31-23-24(34)33(3)20-11-9-14(26)12-17(20)22(30-23)16-6-4-5-7-18(16)28/h4-13,23H,1-3H3,(H2,29,31,35). The average molecular weight is 547 g/mol.